The number of aromatic nitrogens is 4. The first-order valence-corrected chi connectivity index (χ1v) is 10.2. The smallest absolute Gasteiger partial charge is 0.178 e. The van der Waals surface area contributed by atoms with Crippen LogP contribution in [0.25, 0.3) is 0 Å². The van der Waals surface area contributed by atoms with Gasteiger partial charge in [0.1, 0.15) is 11.9 Å². The summed E-state index contributed by atoms with van der Waals surface area (Å²) >= 11 is 0. The third kappa shape index (κ3) is 2.97. The van der Waals surface area contributed by atoms with Crippen LogP contribution in [0.15, 0.2) is 48.5 Å². The van der Waals surface area contributed by atoms with Crippen LogP contribution >= 0.6 is 0 Å². The number of rotatable bonds is 3. The molecule has 1 saturated carbocycles. The second kappa shape index (κ2) is 7.34. The molecule has 6 heteroatoms. The third-order valence-electron chi connectivity index (χ3n) is 6.13. The van der Waals surface area contributed by atoms with Gasteiger partial charge in [0.25, 0.3) is 0 Å². The van der Waals surface area contributed by atoms with E-state index < -0.39 is 0 Å². The molecule has 1 aromatic heterocycles. The molecule has 1 unspecified atom stereocenters. The summed E-state index contributed by atoms with van der Waals surface area (Å²) in [5, 5.41) is 12.9. The molecule has 0 bridgehead atoms. The fraction of sp³-hybridized carbons (Fsp3) is 0.409. The van der Waals surface area contributed by atoms with Crippen molar-refractivity contribution in [2.45, 2.75) is 50.6 Å². The maximum atomic E-state index is 14.7. The van der Waals surface area contributed by atoms with E-state index in [0.717, 1.165) is 31.6 Å². The van der Waals surface area contributed by atoms with E-state index >= 15 is 0 Å². The highest BCUT2D eigenvalue weighted by Crippen LogP contribution is 2.39. The molecule has 1 aliphatic carbocycles. The fourth-order valence-corrected chi connectivity index (χ4v) is 4.76. The van der Waals surface area contributed by atoms with Crippen LogP contribution in [-0.4, -0.2) is 26.8 Å². The van der Waals surface area contributed by atoms with Gasteiger partial charge >= 0.3 is 0 Å². The molecule has 0 amide bonds. The van der Waals surface area contributed by atoms with Gasteiger partial charge in [-0.1, -0.05) is 55.7 Å². The highest BCUT2D eigenvalue weighted by atomic mass is 19.1. The van der Waals surface area contributed by atoms with Gasteiger partial charge in [0.15, 0.2) is 5.82 Å². The number of nitrogens with zero attached hydrogens (tertiary/aromatic N) is 5. The molecular formula is C22H24FN5. The van der Waals surface area contributed by atoms with Crippen molar-refractivity contribution in [1.82, 2.24) is 20.2 Å². The molecule has 0 spiro atoms. The lowest BCUT2D eigenvalue weighted by molar-refractivity contribution is 0.312. The molecule has 1 aliphatic heterocycles. The maximum absolute atomic E-state index is 14.7. The standard InChI is InChI=1S/C22H24FN5/c23-19-12-6-7-13-20(19)27-15-14-16-8-4-5-11-18(16)21(27)22-24-25-26-28(22)17-9-2-1-3-10-17/h4-8,11-13,17,21H,1-3,9-10,14-15H2. The summed E-state index contributed by atoms with van der Waals surface area (Å²) < 4.78 is 16.7. The maximum Gasteiger partial charge on any atom is 0.178 e. The normalized spacial score (nSPS) is 20.2. The number of hydrogen-bond acceptors (Lipinski definition) is 4. The van der Waals surface area contributed by atoms with Gasteiger partial charge in [-0.3, -0.25) is 0 Å². The number of anilines is 1. The molecule has 2 aliphatic rings. The lowest BCUT2D eigenvalue weighted by Gasteiger charge is -2.39. The quantitative estimate of drug-likeness (QED) is 0.676. The summed E-state index contributed by atoms with van der Waals surface area (Å²) in [4.78, 5) is 2.13. The predicted octanol–water partition coefficient (Wildman–Crippen LogP) is 4.47. The molecule has 0 saturated heterocycles. The Labute approximate surface area is 164 Å². The molecule has 0 N–H and O–H groups in total. The summed E-state index contributed by atoms with van der Waals surface area (Å²) in [7, 11) is 0. The minimum atomic E-state index is -0.205. The van der Waals surface area contributed by atoms with Gasteiger partial charge < -0.3 is 4.90 Å². The minimum absolute atomic E-state index is 0.182. The second-order valence-electron chi connectivity index (χ2n) is 7.77. The van der Waals surface area contributed by atoms with Gasteiger partial charge in [0.05, 0.1) is 11.7 Å². The number of tetrazole rings is 1. The molecule has 2 aromatic carbocycles. The number of benzene rings is 2. The molecule has 0 radical (unpaired) electrons. The molecule has 1 fully saturated rings. The number of halogens is 1. The van der Waals surface area contributed by atoms with Crippen molar-refractivity contribution in [3.63, 3.8) is 0 Å². The van der Waals surface area contributed by atoms with E-state index in [1.54, 1.807) is 6.07 Å². The Hall–Kier alpha value is -2.76. The molecule has 1 atom stereocenters. The fourth-order valence-electron chi connectivity index (χ4n) is 4.76. The van der Waals surface area contributed by atoms with E-state index in [2.05, 4.69) is 38.6 Å². The Balaban J connectivity index is 1.63. The van der Waals surface area contributed by atoms with Gasteiger partial charge in [0, 0.05) is 6.54 Å². The van der Waals surface area contributed by atoms with Crippen molar-refractivity contribution in [2.75, 3.05) is 11.4 Å². The van der Waals surface area contributed by atoms with Crippen molar-refractivity contribution in [2.24, 2.45) is 0 Å². The zero-order chi connectivity index (χ0) is 18.9. The van der Waals surface area contributed by atoms with Crippen LogP contribution in [0.5, 0.6) is 0 Å². The first-order chi connectivity index (χ1) is 13.8. The summed E-state index contributed by atoms with van der Waals surface area (Å²) in [6, 6.07) is 15.6. The molecule has 144 valence electrons. The largest absolute Gasteiger partial charge is 0.355 e. The first-order valence-electron chi connectivity index (χ1n) is 10.2. The Morgan fingerprint density at radius 1 is 0.929 bits per heavy atom. The highest BCUT2D eigenvalue weighted by Gasteiger charge is 2.35. The summed E-state index contributed by atoms with van der Waals surface area (Å²) in [6.07, 6.45) is 6.79. The van der Waals surface area contributed by atoms with E-state index in [1.165, 1.54) is 36.5 Å². The van der Waals surface area contributed by atoms with Gasteiger partial charge in [-0.15, -0.1) is 5.10 Å². The highest BCUT2D eigenvalue weighted by molar-refractivity contribution is 5.55. The SMILES string of the molecule is Fc1ccccc1N1CCc2ccccc2C1c1nnnn1C1CCCCC1. The van der Waals surface area contributed by atoms with E-state index in [-0.39, 0.29) is 11.9 Å². The minimum Gasteiger partial charge on any atom is -0.355 e. The molecule has 5 nitrogen and oxygen atoms in total. The molecule has 5 rings (SSSR count). The van der Waals surface area contributed by atoms with Gasteiger partial charge in [0.2, 0.25) is 0 Å². The number of hydrogen-bond donors (Lipinski definition) is 0. The summed E-state index contributed by atoms with van der Waals surface area (Å²) in [5.41, 5.74) is 3.07. The van der Waals surface area contributed by atoms with Gasteiger partial charge in [-0.25, -0.2) is 9.07 Å². The van der Waals surface area contributed by atoms with Gasteiger partial charge in [-0.2, -0.15) is 0 Å². The Kier molecular flexibility index (Phi) is 4.55. The number of para-hydroxylation sites is 1. The Morgan fingerprint density at radius 3 is 2.57 bits per heavy atom. The second-order valence-corrected chi connectivity index (χ2v) is 7.77. The average molecular weight is 377 g/mol. The zero-order valence-corrected chi connectivity index (χ0v) is 15.8. The lowest BCUT2D eigenvalue weighted by atomic mass is 9.90. The Morgan fingerprint density at radius 2 is 1.71 bits per heavy atom. The molecular weight excluding hydrogens is 353 g/mol. The van der Waals surface area contributed by atoms with Crippen molar-refractivity contribution in [3.8, 4) is 0 Å². The zero-order valence-electron chi connectivity index (χ0n) is 15.8. The van der Waals surface area contributed by atoms with E-state index in [4.69, 9.17) is 0 Å². The van der Waals surface area contributed by atoms with E-state index in [0.29, 0.717) is 11.7 Å². The van der Waals surface area contributed by atoms with Crippen LogP contribution in [0.2, 0.25) is 0 Å². The van der Waals surface area contributed by atoms with E-state index in [1.807, 2.05) is 22.9 Å². The third-order valence-corrected chi connectivity index (χ3v) is 6.13. The lowest BCUT2D eigenvalue weighted by Crippen LogP contribution is -2.38. The topological polar surface area (TPSA) is 46.8 Å². The van der Waals surface area contributed by atoms with E-state index in [9.17, 15) is 4.39 Å². The van der Waals surface area contributed by atoms with Crippen LogP contribution in [0.1, 0.15) is 61.1 Å². The molecule has 28 heavy (non-hydrogen) atoms. The van der Waals surface area contributed by atoms with Crippen molar-refractivity contribution in [3.05, 3.63) is 71.3 Å². The summed E-state index contributed by atoms with van der Waals surface area (Å²) in [6.45, 7) is 0.736. The molecule has 3 aromatic rings. The van der Waals surface area contributed by atoms with Crippen LogP contribution in [0, 0.1) is 5.82 Å². The predicted molar refractivity (Wildman–Crippen MR) is 106 cm³/mol. The monoisotopic (exact) mass is 377 g/mol. The van der Waals surface area contributed by atoms with Crippen molar-refractivity contribution < 1.29 is 4.39 Å². The van der Waals surface area contributed by atoms with Crippen LogP contribution in [0.4, 0.5) is 10.1 Å². The average Bonchev–Trinajstić information content (AvgIpc) is 3.23. The van der Waals surface area contributed by atoms with Crippen LogP contribution in [-0.2, 0) is 6.42 Å². The van der Waals surface area contributed by atoms with Gasteiger partial charge in [-0.05, 0) is 52.9 Å². The first kappa shape index (κ1) is 17.3. The van der Waals surface area contributed by atoms with Crippen LogP contribution < -0.4 is 4.90 Å². The summed E-state index contributed by atoms with van der Waals surface area (Å²) in [5.74, 6) is 0.617. The number of fused-ring (bicyclic) bond motifs is 1. The van der Waals surface area contributed by atoms with Crippen LogP contribution in [0.3, 0.4) is 0 Å². The molecule has 2 heterocycles. The van der Waals surface area contributed by atoms with Crippen molar-refractivity contribution >= 4 is 5.69 Å². The Bertz CT molecular complexity index is 963. The van der Waals surface area contributed by atoms with Crippen molar-refractivity contribution in [1.29, 1.82) is 0 Å².